The topological polar surface area (TPSA) is 134 Å². The molecule has 0 saturated heterocycles. The second-order valence-corrected chi connectivity index (χ2v) is 7.31. The molecule has 1 aromatic rings. The van der Waals surface area contributed by atoms with E-state index in [1.165, 1.54) is 5.48 Å². The number of ether oxygens (including phenoxy) is 1. The number of amides is 2. The van der Waals surface area contributed by atoms with Gasteiger partial charge in [0.2, 0.25) is 0 Å². The average Bonchev–Trinajstić information content (AvgIpc) is 2.64. The van der Waals surface area contributed by atoms with Crippen LogP contribution < -0.4 is 21.3 Å². The summed E-state index contributed by atoms with van der Waals surface area (Å²) < 4.78 is 5.71. The molecule has 148 valence electrons. The molecule has 1 aliphatic rings. The minimum Gasteiger partial charge on any atom is -0.489 e. The van der Waals surface area contributed by atoms with E-state index in [1.807, 2.05) is 6.08 Å². The van der Waals surface area contributed by atoms with Crippen LogP contribution in [-0.4, -0.2) is 46.4 Å². The molecular weight excluding hydrogens is 350 g/mol. The highest BCUT2D eigenvalue weighted by Crippen LogP contribution is 2.20. The summed E-state index contributed by atoms with van der Waals surface area (Å²) in [4.78, 5) is 24.1. The van der Waals surface area contributed by atoms with Gasteiger partial charge in [-0.3, -0.25) is 14.8 Å². The first-order chi connectivity index (χ1) is 12.7. The molecule has 0 fully saturated rings. The molecule has 0 heterocycles. The third kappa shape index (κ3) is 6.06. The van der Waals surface area contributed by atoms with Gasteiger partial charge in [0.1, 0.15) is 18.4 Å². The molecule has 0 aromatic heterocycles. The van der Waals surface area contributed by atoms with Gasteiger partial charge in [0.25, 0.3) is 11.8 Å². The Bertz CT molecular complexity index is 694. The molecule has 2 amide bonds. The molecule has 1 aliphatic carbocycles. The zero-order chi connectivity index (χ0) is 20.0. The Morgan fingerprint density at radius 1 is 1.33 bits per heavy atom. The smallest absolute Gasteiger partial charge is 0.267 e. The maximum atomic E-state index is 12.4. The van der Waals surface area contributed by atoms with E-state index >= 15 is 0 Å². The number of hydrogen-bond donors (Lipinski definition) is 5. The van der Waals surface area contributed by atoms with Gasteiger partial charge in [-0.05, 0) is 62.9 Å². The van der Waals surface area contributed by atoms with Gasteiger partial charge in [0.15, 0.2) is 0 Å². The summed E-state index contributed by atoms with van der Waals surface area (Å²) in [5, 5.41) is 20.8. The van der Waals surface area contributed by atoms with Crippen molar-refractivity contribution in [2.45, 2.75) is 50.8 Å². The molecular formula is C19H27N3O5. The lowest BCUT2D eigenvalue weighted by Crippen LogP contribution is -2.61. The normalized spacial score (nSPS) is 18.3. The highest BCUT2D eigenvalue weighted by Gasteiger charge is 2.33. The first-order valence-corrected chi connectivity index (χ1v) is 8.83. The van der Waals surface area contributed by atoms with Crippen molar-refractivity contribution in [1.29, 1.82) is 0 Å². The fraction of sp³-hybridized carbons (Fsp3) is 0.474. The molecule has 0 radical (unpaired) electrons. The number of nitrogens with two attached hydrogens (primary N) is 1. The number of benzene rings is 1. The number of carbonyl (C=O) groups is 2. The van der Waals surface area contributed by atoms with Crippen molar-refractivity contribution in [3.05, 3.63) is 41.5 Å². The SMILES string of the molecule is CC(C)(N)[C@H](NC(=O)c1ccc(OCC2=CCC(O)CC2)cc1)C(=O)NO. The van der Waals surface area contributed by atoms with Gasteiger partial charge >= 0.3 is 0 Å². The van der Waals surface area contributed by atoms with Gasteiger partial charge in [-0.1, -0.05) is 6.08 Å². The second kappa shape index (κ2) is 8.98. The van der Waals surface area contributed by atoms with Crippen LogP contribution in [0.5, 0.6) is 5.75 Å². The number of aliphatic hydroxyl groups excluding tert-OH is 1. The standard InChI is InChI=1S/C19H27N3O5/c1-19(2,20)16(18(25)22-26)21-17(24)13-5-9-15(10-6-13)27-11-12-3-7-14(23)8-4-12/h3,5-6,9-10,14,16,23,26H,4,7-8,11,20H2,1-2H3,(H,21,24)(H,22,25)/t14?,16-/m1/s1. The van der Waals surface area contributed by atoms with Crippen molar-refractivity contribution in [3.63, 3.8) is 0 Å². The molecule has 2 rings (SSSR count). The number of carbonyl (C=O) groups excluding carboxylic acids is 2. The van der Waals surface area contributed by atoms with Crippen LogP contribution in [0, 0.1) is 0 Å². The van der Waals surface area contributed by atoms with E-state index in [1.54, 1.807) is 38.1 Å². The Kier molecular flexibility index (Phi) is 6.95. The quantitative estimate of drug-likeness (QED) is 0.272. The highest BCUT2D eigenvalue weighted by molar-refractivity contribution is 5.97. The van der Waals surface area contributed by atoms with Crippen molar-refractivity contribution in [2.24, 2.45) is 5.73 Å². The molecule has 0 spiro atoms. The van der Waals surface area contributed by atoms with Crippen LogP contribution in [0.4, 0.5) is 0 Å². The lowest BCUT2D eigenvalue weighted by atomic mass is 9.95. The molecule has 1 aromatic carbocycles. The highest BCUT2D eigenvalue weighted by atomic mass is 16.5. The minimum absolute atomic E-state index is 0.262. The molecule has 0 bridgehead atoms. The third-order valence-corrected chi connectivity index (χ3v) is 4.41. The summed E-state index contributed by atoms with van der Waals surface area (Å²) >= 11 is 0. The van der Waals surface area contributed by atoms with Crippen molar-refractivity contribution >= 4 is 11.8 Å². The van der Waals surface area contributed by atoms with Gasteiger partial charge in [0, 0.05) is 11.1 Å². The van der Waals surface area contributed by atoms with Crippen LogP contribution in [0.15, 0.2) is 35.9 Å². The molecule has 0 aliphatic heterocycles. The predicted molar refractivity (Wildman–Crippen MR) is 99.3 cm³/mol. The molecule has 27 heavy (non-hydrogen) atoms. The number of aliphatic hydroxyl groups is 1. The number of hydroxylamine groups is 1. The van der Waals surface area contributed by atoms with Gasteiger partial charge < -0.3 is 20.9 Å². The zero-order valence-corrected chi connectivity index (χ0v) is 15.6. The maximum Gasteiger partial charge on any atom is 0.267 e. The van der Waals surface area contributed by atoms with E-state index in [0.717, 1.165) is 18.4 Å². The summed E-state index contributed by atoms with van der Waals surface area (Å²) in [7, 11) is 0. The number of nitrogens with one attached hydrogen (secondary N) is 2. The molecule has 8 nitrogen and oxygen atoms in total. The maximum absolute atomic E-state index is 12.4. The predicted octanol–water partition coefficient (Wildman–Crippen LogP) is 0.878. The monoisotopic (exact) mass is 377 g/mol. The first kappa shape index (κ1) is 20.9. The van der Waals surface area contributed by atoms with Gasteiger partial charge in [0.05, 0.1) is 6.10 Å². The van der Waals surface area contributed by atoms with Crippen molar-refractivity contribution in [1.82, 2.24) is 10.8 Å². The first-order valence-electron chi connectivity index (χ1n) is 8.83. The lowest BCUT2D eigenvalue weighted by Gasteiger charge is -2.29. The molecule has 2 atom stereocenters. The van der Waals surface area contributed by atoms with Gasteiger partial charge in [-0.2, -0.15) is 0 Å². The van der Waals surface area contributed by atoms with Crippen LogP contribution in [0.25, 0.3) is 0 Å². The van der Waals surface area contributed by atoms with Crippen molar-refractivity contribution in [3.8, 4) is 5.75 Å². The Morgan fingerprint density at radius 3 is 2.52 bits per heavy atom. The Morgan fingerprint density at radius 2 is 2.00 bits per heavy atom. The summed E-state index contributed by atoms with van der Waals surface area (Å²) in [5.74, 6) is -0.665. The zero-order valence-electron chi connectivity index (χ0n) is 15.6. The molecule has 1 unspecified atom stereocenters. The van der Waals surface area contributed by atoms with Crippen LogP contribution in [0.3, 0.4) is 0 Å². The third-order valence-electron chi connectivity index (χ3n) is 4.41. The largest absolute Gasteiger partial charge is 0.489 e. The van der Waals surface area contributed by atoms with E-state index in [0.29, 0.717) is 24.3 Å². The van der Waals surface area contributed by atoms with Crippen LogP contribution in [0.1, 0.15) is 43.5 Å². The summed E-state index contributed by atoms with van der Waals surface area (Å²) in [6, 6.07) is 5.41. The Labute approximate surface area is 158 Å². The number of rotatable bonds is 7. The summed E-state index contributed by atoms with van der Waals surface area (Å²) in [6.45, 7) is 3.59. The van der Waals surface area contributed by atoms with Crippen LogP contribution in [-0.2, 0) is 4.79 Å². The van der Waals surface area contributed by atoms with E-state index in [9.17, 15) is 14.7 Å². The lowest BCUT2D eigenvalue weighted by molar-refractivity contribution is -0.132. The summed E-state index contributed by atoms with van der Waals surface area (Å²) in [6.07, 6.45) is 3.94. The van der Waals surface area contributed by atoms with E-state index < -0.39 is 23.4 Å². The molecule has 0 saturated carbocycles. The average molecular weight is 377 g/mol. The van der Waals surface area contributed by atoms with Crippen molar-refractivity contribution < 1.29 is 24.6 Å². The second-order valence-electron chi connectivity index (χ2n) is 7.31. The van der Waals surface area contributed by atoms with Gasteiger partial charge in [-0.15, -0.1) is 0 Å². The van der Waals surface area contributed by atoms with E-state index in [-0.39, 0.29) is 6.10 Å². The van der Waals surface area contributed by atoms with E-state index in [2.05, 4.69) is 5.32 Å². The Balaban J connectivity index is 1.95. The van der Waals surface area contributed by atoms with Crippen LogP contribution in [0.2, 0.25) is 0 Å². The fourth-order valence-electron chi connectivity index (χ4n) is 2.75. The fourth-order valence-corrected chi connectivity index (χ4v) is 2.75. The van der Waals surface area contributed by atoms with E-state index in [4.69, 9.17) is 15.7 Å². The number of hydrogen-bond acceptors (Lipinski definition) is 6. The van der Waals surface area contributed by atoms with Gasteiger partial charge in [-0.25, -0.2) is 5.48 Å². The van der Waals surface area contributed by atoms with Crippen molar-refractivity contribution in [2.75, 3.05) is 6.61 Å². The molecule has 8 heteroatoms. The Hall–Kier alpha value is -2.42. The minimum atomic E-state index is -1.10. The van der Waals surface area contributed by atoms with Crippen LogP contribution >= 0.6 is 0 Å². The molecule has 6 N–H and O–H groups in total. The summed E-state index contributed by atoms with van der Waals surface area (Å²) in [5.41, 5.74) is 7.83.